The van der Waals surface area contributed by atoms with E-state index in [0.717, 1.165) is 34.0 Å². The molecule has 24 heavy (non-hydrogen) atoms. The SMILES string of the molecule is Cc1c(-c2ccc(O)c(N)c2)[nH]c2ccc(NS(C)(=O)=O)cc12.Cl. The number of nitrogens with two attached hydrogens (primary N) is 1. The number of sulfonamides is 1. The van der Waals surface area contributed by atoms with Gasteiger partial charge in [0.25, 0.3) is 0 Å². The number of hydrogen-bond donors (Lipinski definition) is 4. The molecule has 8 heteroatoms. The van der Waals surface area contributed by atoms with Crippen molar-refractivity contribution in [3.63, 3.8) is 0 Å². The van der Waals surface area contributed by atoms with Crippen LogP contribution in [0.1, 0.15) is 5.56 Å². The van der Waals surface area contributed by atoms with Crippen LogP contribution in [0.2, 0.25) is 0 Å². The molecule has 0 saturated carbocycles. The molecule has 0 radical (unpaired) electrons. The van der Waals surface area contributed by atoms with Gasteiger partial charge in [-0.3, -0.25) is 4.72 Å². The molecule has 0 spiro atoms. The number of halogens is 1. The van der Waals surface area contributed by atoms with Gasteiger partial charge in [-0.25, -0.2) is 8.42 Å². The number of aromatic amines is 1. The second kappa shape index (κ2) is 6.26. The van der Waals surface area contributed by atoms with E-state index in [1.54, 1.807) is 30.3 Å². The number of H-pyrrole nitrogens is 1. The Morgan fingerprint density at radius 1 is 1.17 bits per heavy atom. The molecule has 2 aromatic carbocycles. The van der Waals surface area contributed by atoms with Crippen LogP contribution in [0, 0.1) is 6.92 Å². The molecule has 3 aromatic rings. The Morgan fingerprint density at radius 2 is 1.88 bits per heavy atom. The van der Waals surface area contributed by atoms with Crippen molar-refractivity contribution >= 4 is 44.7 Å². The van der Waals surface area contributed by atoms with Crippen LogP contribution in [0.15, 0.2) is 36.4 Å². The quantitative estimate of drug-likeness (QED) is 0.421. The van der Waals surface area contributed by atoms with Crippen LogP contribution in [0.4, 0.5) is 11.4 Å². The monoisotopic (exact) mass is 367 g/mol. The minimum atomic E-state index is -3.32. The van der Waals surface area contributed by atoms with Crippen molar-refractivity contribution in [3.05, 3.63) is 42.0 Å². The van der Waals surface area contributed by atoms with Crippen LogP contribution >= 0.6 is 12.4 Å². The van der Waals surface area contributed by atoms with E-state index in [1.165, 1.54) is 0 Å². The number of rotatable bonds is 3. The number of aryl methyl sites for hydroxylation is 1. The molecule has 0 aliphatic heterocycles. The van der Waals surface area contributed by atoms with Crippen LogP contribution in [0.5, 0.6) is 5.75 Å². The summed E-state index contributed by atoms with van der Waals surface area (Å²) in [5.41, 5.74) is 10.2. The first-order valence-corrected chi connectivity index (χ1v) is 8.83. The predicted octanol–water partition coefficient (Wildman–Crippen LogP) is 3.22. The van der Waals surface area contributed by atoms with Crippen molar-refractivity contribution in [1.29, 1.82) is 0 Å². The normalized spacial score (nSPS) is 11.2. The zero-order valence-corrected chi connectivity index (χ0v) is 14.8. The molecule has 0 saturated heterocycles. The van der Waals surface area contributed by atoms with Crippen molar-refractivity contribution in [1.82, 2.24) is 4.98 Å². The van der Waals surface area contributed by atoms with Gasteiger partial charge in [0.05, 0.1) is 11.9 Å². The zero-order valence-electron chi connectivity index (χ0n) is 13.1. The van der Waals surface area contributed by atoms with Crippen LogP contribution in [-0.4, -0.2) is 24.8 Å². The molecule has 0 fully saturated rings. The highest BCUT2D eigenvalue weighted by Crippen LogP contribution is 2.34. The summed E-state index contributed by atoms with van der Waals surface area (Å²) in [6.07, 6.45) is 1.12. The highest BCUT2D eigenvalue weighted by atomic mass is 35.5. The summed E-state index contributed by atoms with van der Waals surface area (Å²) in [4.78, 5) is 3.30. The van der Waals surface area contributed by atoms with Crippen molar-refractivity contribution in [2.24, 2.45) is 0 Å². The van der Waals surface area contributed by atoms with E-state index in [0.29, 0.717) is 11.4 Å². The molecule has 3 rings (SSSR count). The van der Waals surface area contributed by atoms with Crippen molar-refractivity contribution in [2.45, 2.75) is 6.92 Å². The number of nitrogen functional groups attached to an aromatic ring is 1. The van der Waals surface area contributed by atoms with Gasteiger partial charge in [0.2, 0.25) is 10.0 Å². The van der Waals surface area contributed by atoms with Crippen LogP contribution in [-0.2, 0) is 10.0 Å². The first kappa shape index (κ1) is 18.0. The highest BCUT2D eigenvalue weighted by molar-refractivity contribution is 7.92. The third-order valence-corrected chi connectivity index (χ3v) is 4.28. The van der Waals surface area contributed by atoms with Crippen LogP contribution < -0.4 is 10.5 Å². The smallest absolute Gasteiger partial charge is 0.229 e. The van der Waals surface area contributed by atoms with Gasteiger partial charge < -0.3 is 15.8 Å². The lowest BCUT2D eigenvalue weighted by atomic mass is 10.1. The maximum absolute atomic E-state index is 11.4. The second-order valence-corrected chi connectivity index (χ2v) is 7.28. The average molecular weight is 368 g/mol. The van der Waals surface area contributed by atoms with Crippen LogP contribution in [0.3, 0.4) is 0 Å². The Bertz CT molecular complexity index is 1010. The Hall–Kier alpha value is -2.38. The van der Waals surface area contributed by atoms with Gasteiger partial charge in [0.1, 0.15) is 5.75 Å². The molecule has 0 atom stereocenters. The molecule has 1 aromatic heterocycles. The number of aromatic nitrogens is 1. The molecular formula is C16H18ClN3O3S. The zero-order chi connectivity index (χ0) is 16.8. The van der Waals surface area contributed by atoms with E-state index in [-0.39, 0.29) is 18.2 Å². The van der Waals surface area contributed by atoms with Crippen molar-refractivity contribution in [3.8, 4) is 17.0 Å². The minimum absolute atomic E-state index is 0. The van der Waals surface area contributed by atoms with Gasteiger partial charge in [-0.05, 0) is 48.9 Å². The highest BCUT2D eigenvalue weighted by Gasteiger charge is 2.12. The lowest BCUT2D eigenvalue weighted by Gasteiger charge is -2.04. The third kappa shape index (κ3) is 3.42. The molecule has 0 unspecified atom stereocenters. The summed E-state index contributed by atoms with van der Waals surface area (Å²) in [6, 6.07) is 10.3. The number of anilines is 2. The average Bonchev–Trinajstić information content (AvgIpc) is 2.77. The van der Waals surface area contributed by atoms with Gasteiger partial charge >= 0.3 is 0 Å². The van der Waals surface area contributed by atoms with Crippen molar-refractivity contribution < 1.29 is 13.5 Å². The minimum Gasteiger partial charge on any atom is -0.506 e. The van der Waals surface area contributed by atoms with Gasteiger partial charge in [-0.1, -0.05) is 0 Å². The fourth-order valence-corrected chi connectivity index (χ4v) is 3.16. The molecule has 128 valence electrons. The number of benzene rings is 2. The fourth-order valence-electron chi connectivity index (χ4n) is 2.60. The van der Waals surface area contributed by atoms with E-state index in [1.807, 2.05) is 13.0 Å². The number of fused-ring (bicyclic) bond motifs is 1. The summed E-state index contributed by atoms with van der Waals surface area (Å²) in [5, 5.41) is 10.5. The Morgan fingerprint density at radius 3 is 2.50 bits per heavy atom. The van der Waals surface area contributed by atoms with Crippen LogP contribution in [0.25, 0.3) is 22.2 Å². The van der Waals surface area contributed by atoms with Gasteiger partial charge in [-0.2, -0.15) is 0 Å². The van der Waals surface area contributed by atoms with E-state index < -0.39 is 10.0 Å². The topological polar surface area (TPSA) is 108 Å². The number of phenols is 1. The fraction of sp³-hybridized carbons (Fsp3) is 0.125. The summed E-state index contributed by atoms with van der Waals surface area (Å²) < 4.78 is 25.2. The molecule has 0 amide bonds. The van der Waals surface area contributed by atoms with E-state index in [9.17, 15) is 13.5 Å². The molecule has 5 N–H and O–H groups in total. The molecule has 0 aliphatic carbocycles. The number of nitrogens with one attached hydrogen (secondary N) is 2. The molecule has 6 nitrogen and oxygen atoms in total. The van der Waals surface area contributed by atoms with E-state index in [2.05, 4.69) is 9.71 Å². The summed E-state index contributed by atoms with van der Waals surface area (Å²) in [6.45, 7) is 1.95. The van der Waals surface area contributed by atoms with E-state index >= 15 is 0 Å². The molecule has 0 bridgehead atoms. The van der Waals surface area contributed by atoms with E-state index in [4.69, 9.17) is 5.73 Å². The van der Waals surface area contributed by atoms with Gasteiger partial charge in [0, 0.05) is 27.8 Å². The summed E-state index contributed by atoms with van der Waals surface area (Å²) >= 11 is 0. The number of aromatic hydroxyl groups is 1. The lowest BCUT2D eigenvalue weighted by molar-refractivity contribution is 0.478. The predicted molar refractivity (Wildman–Crippen MR) is 100 cm³/mol. The first-order valence-electron chi connectivity index (χ1n) is 6.93. The Labute approximate surface area is 146 Å². The Kier molecular flexibility index (Phi) is 4.68. The number of phenolic OH excluding ortho intramolecular Hbond substituents is 1. The maximum atomic E-state index is 11.4. The lowest BCUT2D eigenvalue weighted by Crippen LogP contribution is -2.09. The first-order chi connectivity index (χ1) is 10.7. The summed E-state index contributed by atoms with van der Waals surface area (Å²) in [7, 11) is -3.32. The molecular weight excluding hydrogens is 350 g/mol. The molecule has 1 heterocycles. The maximum Gasteiger partial charge on any atom is 0.229 e. The summed E-state index contributed by atoms with van der Waals surface area (Å²) in [5.74, 6) is 0.0437. The molecule has 0 aliphatic rings. The third-order valence-electron chi connectivity index (χ3n) is 3.68. The van der Waals surface area contributed by atoms with Gasteiger partial charge in [-0.15, -0.1) is 12.4 Å². The van der Waals surface area contributed by atoms with Crippen molar-refractivity contribution in [2.75, 3.05) is 16.7 Å². The van der Waals surface area contributed by atoms with Gasteiger partial charge in [0.15, 0.2) is 0 Å². The Balaban J connectivity index is 0.00000208. The number of hydrogen-bond acceptors (Lipinski definition) is 4. The second-order valence-electron chi connectivity index (χ2n) is 5.53. The standard InChI is InChI=1S/C16H17N3O3S.ClH/c1-9-12-8-11(19-23(2,21)22)4-5-14(12)18-16(9)10-3-6-15(20)13(17)7-10;/h3-8,18-20H,17H2,1-2H3;1H. The largest absolute Gasteiger partial charge is 0.506 e.